The van der Waals surface area contributed by atoms with E-state index in [1.807, 2.05) is 0 Å². The van der Waals surface area contributed by atoms with Gasteiger partial charge in [0.15, 0.2) is 0 Å². The highest BCUT2D eigenvalue weighted by atomic mass is 16.5. The Balaban J connectivity index is 2.28. The molecular formula is C10H16O2. The van der Waals surface area contributed by atoms with Crippen molar-refractivity contribution in [2.75, 3.05) is 0 Å². The van der Waals surface area contributed by atoms with Crippen molar-refractivity contribution in [3.8, 4) is 0 Å². The predicted molar refractivity (Wildman–Crippen MR) is 46.5 cm³/mol. The van der Waals surface area contributed by atoms with Crippen LogP contribution in [-0.2, 0) is 4.74 Å². The van der Waals surface area contributed by atoms with Crippen LogP contribution in [0.3, 0.4) is 0 Å². The average molecular weight is 168 g/mol. The van der Waals surface area contributed by atoms with Crippen molar-refractivity contribution < 1.29 is 9.84 Å². The largest absolute Gasteiger partial charge is 0.492 e. The molecule has 2 unspecified atom stereocenters. The fourth-order valence-electron chi connectivity index (χ4n) is 2.36. The summed E-state index contributed by atoms with van der Waals surface area (Å²) in [4.78, 5) is 0. The van der Waals surface area contributed by atoms with Gasteiger partial charge in [0, 0.05) is 6.42 Å². The van der Waals surface area contributed by atoms with Gasteiger partial charge in [-0.05, 0) is 18.3 Å². The lowest BCUT2D eigenvalue weighted by molar-refractivity contribution is 0.0151. The van der Waals surface area contributed by atoms with Crippen LogP contribution in [0.5, 0.6) is 0 Å². The summed E-state index contributed by atoms with van der Waals surface area (Å²) in [5.41, 5.74) is -0.712. The predicted octanol–water partition coefficient (Wildman–Crippen LogP) is 1.70. The smallest absolute Gasteiger partial charge is 0.125 e. The number of ether oxygens (including phenoxy) is 1. The molecule has 1 saturated carbocycles. The van der Waals surface area contributed by atoms with Crippen LogP contribution in [0.25, 0.3) is 0 Å². The molecule has 68 valence electrons. The Bertz CT molecular complexity index is 224. The Hall–Kier alpha value is -0.500. The number of aliphatic hydroxyl groups is 1. The summed E-state index contributed by atoms with van der Waals surface area (Å²) in [7, 11) is 0. The topological polar surface area (TPSA) is 29.5 Å². The molecule has 0 radical (unpaired) electrons. The van der Waals surface area contributed by atoms with Gasteiger partial charge in [0.2, 0.25) is 0 Å². The van der Waals surface area contributed by atoms with Gasteiger partial charge in [-0.25, -0.2) is 0 Å². The minimum Gasteiger partial charge on any atom is -0.492 e. The average Bonchev–Trinajstić information content (AvgIpc) is 2.22. The second kappa shape index (κ2) is 2.25. The standard InChI is InChI=1S/C10H16O2/c1-6-4-10(11)5-9(7(6)2)12-8(10)3/h6-7,9,11H,3-5H2,1-2H3/t6-,7?,9?,10+/m1/s1. The fourth-order valence-corrected chi connectivity index (χ4v) is 2.36. The molecule has 12 heavy (non-hydrogen) atoms. The molecule has 2 rings (SSSR count). The minimum absolute atomic E-state index is 0.200. The molecule has 2 fully saturated rings. The van der Waals surface area contributed by atoms with E-state index >= 15 is 0 Å². The first-order chi connectivity index (χ1) is 5.53. The van der Waals surface area contributed by atoms with Crippen LogP contribution in [-0.4, -0.2) is 16.8 Å². The Morgan fingerprint density at radius 1 is 1.50 bits per heavy atom. The van der Waals surface area contributed by atoms with E-state index in [0.717, 1.165) is 12.8 Å². The molecule has 1 aliphatic carbocycles. The van der Waals surface area contributed by atoms with Gasteiger partial charge < -0.3 is 9.84 Å². The lowest BCUT2D eigenvalue weighted by atomic mass is 9.73. The van der Waals surface area contributed by atoms with Crippen LogP contribution >= 0.6 is 0 Å². The summed E-state index contributed by atoms with van der Waals surface area (Å²) in [6.45, 7) is 8.12. The zero-order valence-electron chi connectivity index (χ0n) is 7.71. The normalized spacial score (nSPS) is 52.2. The molecule has 4 atom stereocenters. The molecular weight excluding hydrogens is 152 g/mol. The minimum atomic E-state index is -0.712. The van der Waals surface area contributed by atoms with Crippen LogP contribution in [0, 0.1) is 11.8 Å². The van der Waals surface area contributed by atoms with E-state index in [-0.39, 0.29) is 6.10 Å². The molecule has 0 amide bonds. The summed E-state index contributed by atoms with van der Waals surface area (Å²) >= 11 is 0. The summed E-state index contributed by atoms with van der Waals surface area (Å²) in [5.74, 6) is 1.67. The first-order valence-electron chi connectivity index (χ1n) is 4.61. The summed E-state index contributed by atoms with van der Waals surface area (Å²) in [6.07, 6.45) is 1.76. The quantitative estimate of drug-likeness (QED) is 0.596. The van der Waals surface area contributed by atoms with Gasteiger partial charge >= 0.3 is 0 Å². The summed E-state index contributed by atoms with van der Waals surface area (Å²) in [6, 6.07) is 0. The van der Waals surface area contributed by atoms with Crippen molar-refractivity contribution in [1.29, 1.82) is 0 Å². The van der Waals surface area contributed by atoms with Gasteiger partial charge in [0.25, 0.3) is 0 Å². The van der Waals surface area contributed by atoms with Crippen molar-refractivity contribution in [3.05, 3.63) is 12.3 Å². The van der Waals surface area contributed by atoms with E-state index in [9.17, 15) is 5.11 Å². The number of hydrogen-bond acceptors (Lipinski definition) is 2. The van der Waals surface area contributed by atoms with E-state index in [1.54, 1.807) is 0 Å². The maximum Gasteiger partial charge on any atom is 0.125 e. The molecule has 0 aromatic carbocycles. The van der Waals surface area contributed by atoms with Crippen LogP contribution in [0.1, 0.15) is 26.7 Å². The number of hydrogen-bond donors (Lipinski definition) is 1. The molecule has 1 saturated heterocycles. The maximum absolute atomic E-state index is 10.1. The number of rotatable bonds is 0. The van der Waals surface area contributed by atoms with Crippen molar-refractivity contribution in [2.24, 2.45) is 11.8 Å². The zero-order valence-corrected chi connectivity index (χ0v) is 7.71. The molecule has 1 N–H and O–H groups in total. The van der Waals surface area contributed by atoms with E-state index in [4.69, 9.17) is 4.74 Å². The molecule has 2 aliphatic rings. The van der Waals surface area contributed by atoms with Crippen LogP contribution < -0.4 is 0 Å². The second-order valence-corrected chi connectivity index (χ2v) is 4.36. The highest BCUT2D eigenvalue weighted by molar-refractivity contribution is 5.16. The van der Waals surface area contributed by atoms with Crippen LogP contribution in [0.4, 0.5) is 0 Å². The molecule has 1 heterocycles. The highest BCUT2D eigenvalue weighted by Crippen LogP contribution is 2.47. The van der Waals surface area contributed by atoms with Gasteiger partial charge in [-0.1, -0.05) is 20.4 Å². The molecule has 0 aromatic rings. The lowest BCUT2D eigenvalue weighted by Crippen LogP contribution is -2.38. The number of fused-ring (bicyclic) bond motifs is 2. The van der Waals surface area contributed by atoms with Crippen molar-refractivity contribution >= 4 is 0 Å². The fraction of sp³-hybridized carbons (Fsp3) is 0.800. The van der Waals surface area contributed by atoms with Crippen molar-refractivity contribution in [2.45, 2.75) is 38.4 Å². The van der Waals surface area contributed by atoms with Gasteiger partial charge in [0.05, 0.1) is 0 Å². The lowest BCUT2D eigenvalue weighted by Gasteiger charge is -2.33. The Labute approximate surface area is 73.2 Å². The first-order valence-corrected chi connectivity index (χ1v) is 4.61. The molecule has 0 aromatic heterocycles. The molecule has 1 aliphatic heterocycles. The van der Waals surface area contributed by atoms with Gasteiger partial charge in [-0.2, -0.15) is 0 Å². The van der Waals surface area contributed by atoms with Gasteiger partial charge in [-0.15, -0.1) is 0 Å². The monoisotopic (exact) mass is 168 g/mol. The third-order valence-corrected chi connectivity index (χ3v) is 3.50. The first kappa shape index (κ1) is 8.11. The highest BCUT2D eigenvalue weighted by Gasteiger charge is 2.51. The van der Waals surface area contributed by atoms with Crippen molar-refractivity contribution in [1.82, 2.24) is 0 Å². The van der Waals surface area contributed by atoms with Gasteiger partial charge in [0.1, 0.15) is 17.5 Å². The van der Waals surface area contributed by atoms with Crippen molar-refractivity contribution in [3.63, 3.8) is 0 Å². The molecule has 2 bridgehead atoms. The molecule has 2 nitrogen and oxygen atoms in total. The maximum atomic E-state index is 10.1. The van der Waals surface area contributed by atoms with Crippen LogP contribution in [0.15, 0.2) is 12.3 Å². The third-order valence-electron chi connectivity index (χ3n) is 3.50. The summed E-state index contributed by atoms with van der Waals surface area (Å²) < 4.78 is 5.53. The van der Waals surface area contributed by atoms with E-state index < -0.39 is 5.60 Å². The Morgan fingerprint density at radius 3 is 2.83 bits per heavy atom. The molecule has 2 heteroatoms. The second-order valence-electron chi connectivity index (χ2n) is 4.36. The van der Waals surface area contributed by atoms with Gasteiger partial charge in [-0.3, -0.25) is 0 Å². The summed E-state index contributed by atoms with van der Waals surface area (Å²) in [5, 5.41) is 10.1. The van der Waals surface area contributed by atoms with E-state index in [1.165, 1.54) is 0 Å². The molecule has 0 spiro atoms. The van der Waals surface area contributed by atoms with E-state index in [0.29, 0.717) is 17.6 Å². The third kappa shape index (κ3) is 0.908. The SMILES string of the molecule is C=C1OC2C[C@@]1(O)C[C@@H](C)C2C. The Morgan fingerprint density at radius 2 is 2.17 bits per heavy atom. The van der Waals surface area contributed by atoms with E-state index in [2.05, 4.69) is 20.4 Å². The van der Waals surface area contributed by atoms with Crippen LogP contribution in [0.2, 0.25) is 0 Å². The Kier molecular flexibility index (Phi) is 1.52. The zero-order chi connectivity index (χ0) is 8.93.